The van der Waals surface area contributed by atoms with E-state index in [0.717, 1.165) is 25.8 Å². The van der Waals surface area contributed by atoms with Gasteiger partial charge in [0.25, 0.3) is 0 Å². The van der Waals surface area contributed by atoms with E-state index in [1.807, 2.05) is 13.8 Å². The van der Waals surface area contributed by atoms with Crippen LogP contribution in [0.1, 0.15) is 33.1 Å². The molecule has 1 saturated heterocycles. The topological polar surface area (TPSA) is 55.6 Å². The number of ether oxygens (including phenoxy) is 1. The van der Waals surface area contributed by atoms with E-state index < -0.39 is 0 Å². The van der Waals surface area contributed by atoms with E-state index in [9.17, 15) is 4.79 Å². The quantitative estimate of drug-likeness (QED) is 0.732. The van der Waals surface area contributed by atoms with Gasteiger partial charge in [-0.1, -0.05) is 0 Å². The maximum absolute atomic E-state index is 11.6. The largest absolute Gasteiger partial charge is 0.450 e. The molecule has 2 atom stereocenters. The van der Waals surface area contributed by atoms with E-state index in [-0.39, 0.29) is 18.2 Å². The number of likely N-dealkylation sites (tertiary alicyclic amines) is 1. The summed E-state index contributed by atoms with van der Waals surface area (Å²) < 4.78 is 4.99. The maximum atomic E-state index is 11.6. The fraction of sp³-hybridized carbons (Fsp3) is 0.900. The Morgan fingerprint density at radius 2 is 2.36 bits per heavy atom. The average Bonchev–Trinajstić information content (AvgIpc) is 2.18. The fourth-order valence-corrected chi connectivity index (χ4v) is 1.94. The van der Waals surface area contributed by atoms with Crippen LogP contribution in [0.4, 0.5) is 4.79 Å². The summed E-state index contributed by atoms with van der Waals surface area (Å²) in [4.78, 5) is 13.3. The Morgan fingerprint density at radius 3 is 2.93 bits per heavy atom. The predicted molar refractivity (Wildman–Crippen MR) is 55.0 cm³/mol. The third kappa shape index (κ3) is 2.61. The number of rotatable bonds is 2. The van der Waals surface area contributed by atoms with Crippen molar-refractivity contribution in [1.82, 2.24) is 4.90 Å². The molecule has 0 saturated carbocycles. The SMILES string of the molecule is CCOC(=O)N1CCCCC1C(C)N. The smallest absolute Gasteiger partial charge is 0.410 e. The number of amides is 1. The lowest BCUT2D eigenvalue weighted by molar-refractivity contribution is 0.0712. The second-order valence-corrected chi connectivity index (χ2v) is 3.81. The molecule has 2 N–H and O–H groups in total. The van der Waals surface area contributed by atoms with Crippen LogP contribution in [0.3, 0.4) is 0 Å². The van der Waals surface area contributed by atoms with Gasteiger partial charge in [-0.2, -0.15) is 0 Å². The van der Waals surface area contributed by atoms with Gasteiger partial charge >= 0.3 is 6.09 Å². The number of hydrogen-bond acceptors (Lipinski definition) is 3. The molecule has 1 amide bonds. The highest BCUT2D eigenvalue weighted by molar-refractivity contribution is 5.68. The van der Waals surface area contributed by atoms with E-state index >= 15 is 0 Å². The first-order valence-corrected chi connectivity index (χ1v) is 5.35. The Kier molecular flexibility index (Phi) is 4.20. The molecule has 0 aromatic rings. The third-order valence-corrected chi connectivity index (χ3v) is 2.66. The molecule has 14 heavy (non-hydrogen) atoms. The van der Waals surface area contributed by atoms with Crippen LogP contribution < -0.4 is 5.73 Å². The van der Waals surface area contributed by atoms with Crippen molar-refractivity contribution < 1.29 is 9.53 Å². The summed E-state index contributed by atoms with van der Waals surface area (Å²) in [6.07, 6.45) is 3.00. The van der Waals surface area contributed by atoms with Crippen LogP contribution in [0.15, 0.2) is 0 Å². The zero-order chi connectivity index (χ0) is 10.6. The Balaban J connectivity index is 2.57. The Labute approximate surface area is 85.4 Å². The van der Waals surface area contributed by atoms with Crippen LogP contribution in [0.5, 0.6) is 0 Å². The molecule has 4 nitrogen and oxygen atoms in total. The molecule has 0 aromatic carbocycles. The highest BCUT2D eigenvalue weighted by atomic mass is 16.6. The van der Waals surface area contributed by atoms with Crippen LogP contribution in [0.25, 0.3) is 0 Å². The zero-order valence-electron chi connectivity index (χ0n) is 9.03. The predicted octanol–water partition coefficient (Wildman–Crippen LogP) is 1.34. The normalized spacial score (nSPS) is 24.5. The molecule has 2 unspecified atom stereocenters. The molecule has 1 fully saturated rings. The van der Waals surface area contributed by atoms with Crippen LogP contribution in [-0.2, 0) is 4.74 Å². The summed E-state index contributed by atoms with van der Waals surface area (Å²) >= 11 is 0. The maximum Gasteiger partial charge on any atom is 0.410 e. The van der Waals surface area contributed by atoms with Crippen LogP contribution >= 0.6 is 0 Å². The summed E-state index contributed by atoms with van der Waals surface area (Å²) in [6.45, 7) is 4.98. The Hall–Kier alpha value is -0.770. The van der Waals surface area contributed by atoms with E-state index in [1.165, 1.54) is 0 Å². The highest BCUT2D eigenvalue weighted by Crippen LogP contribution is 2.19. The van der Waals surface area contributed by atoms with Crippen molar-refractivity contribution in [2.45, 2.75) is 45.2 Å². The fourth-order valence-electron chi connectivity index (χ4n) is 1.94. The van der Waals surface area contributed by atoms with Crippen molar-refractivity contribution >= 4 is 6.09 Å². The molecule has 0 radical (unpaired) electrons. The first-order chi connectivity index (χ1) is 6.66. The van der Waals surface area contributed by atoms with Gasteiger partial charge in [0, 0.05) is 18.6 Å². The van der Waals surface area contributed by atoms with Crippen LogP contribution in [0.2, 0.25) is 0 Å². The van der Waals surface area contributed by atoms with Crippen molar-refractivity contribution in [1.29, 1.82) is 0 Å². The van der Waals surface area contributed by atoms with Crippen molar-refractivity contribution in [2.75, 3.05) is 13.2 Å². The second-order valence-electron chi connectivity index (χ2n) is 3.81. The lowest BCUT2D eigenvalue weighted by Gasteiger charge is -2.36. The molecular formula is C10H20N2O2. The van der Waals surface area contributed by atoms with Crippen LogP contribution in [-0.4, -0.2) is 36.2 Å². The third-order valence-electron chi connectivity index (χ3n) is 2.66. The molecule has 0 aliphatic carbocycles. The van der Waals surface area contributed by atoms with Gasteiger partial charge in [-0.25, -0.2) is 4.79 Å². The summed E-state index contributed by atoms with van der Waals surface area (Å²) in [6, 6.07) is 0.183. The molecular weight excluding hydrogens is 180 g/mol. The lowest BCUT2D eigenvalue weighted by Crippen LogP contribution is -2.51. The van der Waals surface area contributed by atoms with Gasteiger partial charge in [-0.3, -0.25) is 0 Å². The van der Waals surface area contributed by atoms with Crippen molar-refractivity contribution in [3.8, 4) is 0 Å². The summed E-state index contributed by atoms with van der Waals surface area (Å²) in [7, 11) is 0. The zero-order valence-corrected chi connectivity index (χ0v) is 9.03. The first-order valence-electron chi connectivity index (χ1n) is 5.35. The minimum absolute atomic E-state index is 0.0275. The first kappa shape index (κ1) is 11.3. The van der Waals surface area contributed by atoms with Gasteiger partial charge in [-0.15, -0.1) is 0 Å². The van der Waals surface area contributed by atoms with E-state index in [2.05, 4.69) is 0 Å². The number of nitrogens with zero attached hydrogens (tertiary/aromatic N) is 1. The molecule has 1 heterocycles. The van der Waals surface area contributed by atoms with Crippen molar-refractivity contribution in [2.24, 2.45) is 5.73 Å². The van der Waals surface area contributed by atoms with Gasteiger partial charge in [0.15, 0.2) is 0 Å². The number of nitrogens with two attached hydrogens (primary N) is 1. The van der Waals surface area contributed by atoms with Crippen molar-refractivity contribution in [3.63, 3.8) is 0 Å². The van der Waals surface area contributed by atoms with Crippen molar-refractivity contribution in [3.05, 3.63) is 0 Å². The summed E-state index contributed by atoms with van der Waals surface area (Å²) in [5.74, 6) is 0. The molecule has 0 bridgehead atoms. The van der Waals surface area contributed by atoms with E-state index in [4.69, 9.17) is 10.5 Å². The van der Waals surface area contributed by atoms with Gasteiger partial charge < -0.3 is 15.4 Å². The summed E-state index contributed by atoms with van der Waals surface area (Å²) in [5.41, 5.74) is 5.84. The number of carbonyl (C=O) groups is 1. The number of piperidine rings is 1. The van der Waals surface area contributed by atoms with Gasteiger partial charge in [0.1, 0.15) is 0 Å². The van der Waals surface area contributed by atoms with Crippen LogP contribution in [0, 0.1) is 0 Å². The molecule has 82 valence electrons. The average molecular weight is 200 g/mol. The van der Waals surface area contributed by atoms with Gasteiger partial charge in [-0.05, 0) is 33.1 Å². The molecule has 1 aliphatic heterocycles. The second kappa shape index (κ2) is 5.20. The van der Waals surface area contributed by atoms with E-state index in [1.54, 1.807) is 4.90 Å². The monoisotopic (exact) mass is 200 g/mol. The lowest BCUT2D eigenvalue weighted by atomic mass is 9.98. The standard InChI is InChI=1S/C10H20N2O2/c1-3-14-10(13)12-7-5-4-6-9(12)8(2)11/h8-9H,3-7,11H2,1-2H3. The highest BCUT2D eigenvalue weighted by Gasteiger charge is 2.29. The molecule has 1 rings (SSSR count). The molecule has 4 heteroatoms. The molecule has 0 aromatic heterocycles. The van der Waals surface area contributed by atoms with E-state index in [0.29, 0.717) is 6.61 Å². The number of carbonyl (C=O) groups excluding carboxylic acids is 1. The molecule has 1 aliphatic rings. The van der Waals surface area contributed by atoms with Gasteiger partial charge in [0.2, 0.25) is 0 Å². The summed E-state index contributed by atoms with van der Waals surface area (Å²) in [5, 5.41) is 0. The minimum Gasteiger partial charge on any atom is -0.450 e. The van der Waals surface area contributed by atoms with Gasteiger partial charge in [0.05, 0.1) is 6.61 Å². The Bertz CT molecular complexity index is 195. The number of hydrogen-bond donors (Lipinski definition) is 1. The Morgan fingerprint density at radius 1 is 1.64 bits per heavy atom. The minimum atomic E-state index is -0.213. The molecule has 0 spiro atoms.